The summed E-state index contributed by atoms with van der Waals surface area (Å²) in [4.78, 5) is 25.8. The number of hydrogen-bond acceptors (Lipinski definition) is 4. The number of rotatable bonds is 7. The maximum absolute atomic E-state index is 12.2. The van der Waals surface area contributed by atoms with Crippen LogP contribution in [0.25, 0.3) is 0 Å². The molecule has 0 unspecified atom stereocenters. The van der Waals surface area contributed by atoms with Gasteiger partial charge in [-0.3, -0.25) is 9.59 Å². The van der Waals surface area contributed by atoms with Crippen molar-refractivity contribution in [2.75, 3.05) is 40.5 Å². The van der Waals surface area contributed by atoms with Crippen LogP contribution >= 0.6 is 0 Å². The minimum atomic E-state index is -0.109. The fourth-order valence-electron chi connectivity index (χ4n) is 3.48. The van der Waals surface area contributed by atoms with Gasteiger partial charge in [0.1, 0.15) is 0 Å². The Balaban J connectivity index is 1.43. The minimum absolute atomic E-state index is 0.0323. The zero-order valence-corrected chi connectivity index (χ0v) is 17.2. The fourth-order valence-corrected chi connectivity index (χ4v) is 3.48. The number of benzene rings is 2. The molecule has 0 aromatic heterocycles. The van der Waals surface area contributed by atoms with E-state index in [-0.39, 0.29) is 11.8 Å². The molecule has 0 atom stereocenters. The average molecular weight is 395 g/mol. The lowest BCUT2D eigenvalue weighted by molar-refractivity contribution is -0.116. The summed E-state index contributed by atoms with van der Waals surface area (Å²) in [7, 11) is 0. The quantitative estimate of drug-likeness (QED) is 0.654. The highest BCUT2D eigenvalue weighted by Crippen LogP contribution is 2.24. The zero-order chi connectivity index (χ0) is 20.6. The van der Waals surface area contributed by atoms with Crippen LogP contribution in [0.4, 0.5) is 22.7 Å². The second-order valence-electron chi connectivity index (χ2n) is 7.70. The van der Waals surface area contributed by atoms with E-state index in [9.17, 15) is 9.59 Å². The summed E-state index contributed by atoms with van der Waals surface area (Å²) in [5.41, 5.74) is 3.63. The van der Waals surface area contributed by atoms with E-state index in [0.717, 1.165) is 36.1 Å². The molecule has 0 spiro atoms. The molecule has 154 valence electrons. The van der Waals surface area contributed by atoms with Crippen LogP contribution in [0.15, 0.2) is 48.5 Å². The van der Waals surface area contributed by atoms with Gasteiger partial charge in [0.2, 0.25) is 11.8 Å². The van der Waals surface area contributed by atoms with Crippen molar-refractivity contribution in [2.45, 2.75) is 33.1 Å². The highest BCUT2D eigenvalue weighted by Gasteiger charge is 2.15. The molecule has 0 aliphatic carbocycles. The average Bonchev–Trinajstić information content (AvgIpc) is 2.69. The van der Waals surface area contributed by atoms with Crippen molar-refractivity contribution in [1.29, 1.82) is 0 Å². The van der Waals surface area contributed by atoms with Crippen LogP contribution in [0, 0.1) is 5.92 Å². The number of carbonyl (C=O) groups excluding carboxylic acids is 2. The molecule has 6 heteroatoms. The summed E-state index contributed by atoms with van der Waals surface area (Å²) in [6, 6.07) is 15.5. The summed E-state index contributed by atoms with van der Waals surface area (Å²) in [5.74, 6) is 0.670. The van der Waals surface area contributed by atoms with Crippen LogP contribution < -0.4 is 20.9 Å². The first kappa shape index (κ1) is 20.7. The third kappa shape index (κ3) is 6.52. The standard InChI is InChI=1S/C23H30N4O2/c1-17-11-14-27(15-12-17)22-8-6-19(7-9-22)26-23(29)10-13-24-20-4-3-5-21(16-20)25-18(2)28/h3-9,16-17,24H,10-15H2,1-2H3,(H,25,28)(H,26,29). The maximum Gasteiger partial charge on any atom is 0.226 e. The van der Waals surface area contributed by atoms with Gasteiger partial charge in [0, 0.05) is 55.7 Å². The normalized spacial score (nSPS) is 14.3. The van der Waals surface area contributed by atoms with Crippen molar-refractivity contribution in [3.63, 3.8) is 0 Å². The summed E-state index contributed by atoms with van der Waals surface area (Å²) < 4.78 is 0. The monoisotopic (exact) mass is 394 g/mol. The summed E-state index contributed by atoms with van der Waals surface area (Å²) in [5, 5.41) is 8.91. The van der Waals surface area contributed by atoms with Gasteiger partial charge in [-0.1, -0.05) is 13.0 Å². The van der Waals surface area contributed by atoms with E-state index >= 15 is 0 Å². The van der Waals surface area contributed by atoms with Gasteiger partial charge in [-0.05, 0) is 61.2 Å². The number of nitrogens with one attached hydrogen (secondary N) is 3. The molecule has 0 radical (unpaired) electrons. The number of nitrogens with zero attached hydrogens (tertiary/aromatic N) is 1. The molecule has 1 fully saturated rings. The van der Waals surface area contributed by atoms with E-state index in [1.165, 1.54) is 25.5 Å². The molecule has 1 heterocycles. The molecule has 3 rings (SSSR count). The van der Waals surface area contributed by atoms with Crippen molar-refractivity contribution in [2.24, 2.45) is 5.92 Å². The van der Waals surface area contributed by atoms with Crippen LogP contribution in [0.2, 0.25) is 0 Å². The van der Waals surface area contributed by atoms with Gasteiger partial charge < -0.3 is 20.9 Å². The third-order valence-electron chi connectivity index (χ3n) is 5.16. The zero-order valence-electron chi connectivity index (χ0n) is 17.2. The van der Waals surface area contributed by atoms with Gasteiger partial charge in [-0.25, -0.2) is 0 Å². The fraction of sp³-hybridized carbons (Fsp3) is 0.391. The lowest BCUT2D eigenvalue weighted by atomic mass is 9.99. The predicted octanol–water partition coefficient (Wildman–Crippen LogP) is 4.32. The molecule has 1 aliphatic heterocycles. The van der Waals surface area contributed by atoms with Gasteiger partial charge in [-0.2, -0.15) is 0 Å². The summed E-state index contributed by atoms with van der Waals surface area (Å²) in [6.07, 6.45) is 2.83. The second-order valence-corrected chi connectivity index (χ2v) is 7.70. The van der Waals surface area contributed by atoms with Gasteiger partial charge in [0.15, 0.2) is 0 Å². The van der Waals surface area contributed by atoms with Crippen LogP contribution in [0.3, 0.4) is 0 Å². The highest BCUT2D eigenvalue weighted by atomic mass is 16.2. The van der Waals surface area contributed by atoms with Crippen molar-refractivity contribution in [3.05, 3.63) is 48.5 Å². The largest absolute Gasteiger partial charge is 0.384 e. The van der Waals surface area contributed by atoms with E-state index in [0.29, 0.717) is 13.0 Å². The van der Waals surface area contributed by atoms with Gasteiger partial charge in [-0.15, -0.1) is 0 Å². The molecule has 6 nitrogen and oxygen atoms in total. The SMILES string of the molecule is CC(=O)Nc1cccc(NCCC(=O)Nc2ccc(N3CCC(C)CC3)cc2)c1. The number of carbonyl (C=O) groups is 2. The molecule has 3 N–H and O–H groups in total. The Hall–Kier alpha value is -3.02. The lowest BCUT2D eigenvalue weighted by Crippen LogP contribution is -2.32. The number of anilines is 4. The first-order chi connectivity index (χ1) is 14.0. The van der Waals surface area contributed by atoms with Gasteiger partial charge in [0.25, 0.3) is 0 Å². The Morgan fingerprint density at radius 2 is 1.66 bits per heavy atom. The van der Waals surface area contributed by atoms with Crippen molar-refractivity contribution >= 4 is 34.6 Å². The molecule has 2 aromatic rings. The minimum Gasteiger partial charge on any atom is -0.384 e. The van der Waals surface area contributed by atoms with E-state index < -0.39 is 0 Å². The third-order valence-corrected chi connectivity index (χ3v) is 5.16. The Morgan fingerprint density at radius 3 is 2.34 bits per heavy atom. The van der Waals surface area contributed by atoms with E-state index in [1.807, 2.05) is 36.4 Å². The Kier molecular flexibility index (Phi) is 7.11. The summed E-state index contributed by atoms with van der Waals surface area (Å²) in [6.45, 7) is 6.50. The number of hydrogen-bond donors (Lipinski definition) is 3. The topological polar surface area (TPSA) is 73.5 Å². The second kappa shape index (κ2) is 9.96. The summed E-state index contributed by atoms with van der Waals surface area (Å²) >= 11 is 0. The van der Waals surface area contributed by atoms with Crippen LogP contribution in [-0.4, -0.2) is 31.4 Å². The molecule has 29 heavy (non-hydrogen) atoms. The molecular weight excluding hydrogens is 364 g/mol. The molecule has 2 amide bonds. The molecular formula is C23H30N4O2. The predicted molar refractivity (Wildman–Crippen MR) is 120 cm³/mol. The van der Waals surface area contributed by atoms with Crippen LogP contribution in [0.1, 0.15) is 33.1 Å². The first-order valence-electron chi connectivity index (χ1n) is 10.3. The van der Waals surface area contributed by atoms with Crippen molar-refractivity contribution in [1.82, 2.24) is 0 Å². The maximum atomic E-state index is 12.2. The Morgan fingerprint density at radius 1 is 0.966 bits per heavy atom. The Bertz CT molecular complexity index is 827. The lowest BCUT2D eigenvalue weighted by Gasteiger charge is -2.32. The number of amides is 2. The van der Waals surface area contributed by atoms with Gasteiger partial charge in [0.05, 0.1) is 0 Å². The van der Waals surface area contributed by atoms with Crippen LogP contribution in [-0.2, 0) is 9.59 Å². The molecule has 2 aromatic carbocycles. The smallest absolute Gasteiger partial charge is 0.226 e. The van der Waals surface area contributed by atoms with Gasteiger partial charge >= 0.3 is 0 Å². The molecule has 1 aliphatic rings. The molecule has 0 bridgehead atoms. The van der Waals surface area contributed by atoms with E-state index in [1.54, 1.807) is 0 Å². The molecule has 1 saturated heterocycles. The first-order valence-corrected chi connectivity index (χ1v) is 10.3. The van der Waals surface area contributed by atoms with Crippen molar-refractivity contribution < 1.29 is 9.59 Å². The van der Waals surface area contributed by atoms with E-state index in [2.05, 4.69) is 39.9 Å². The Labute approximate surface area is 172 Å². The van der Waals surface area contributed by atoms with E-state index in [4.69, 9.17) is 0 Å². The number of piperidine rings is 1. The molecule has 0 saturated carbocycles. The van der Waals surface area contributed by atoms with Crippen LogP contribution in [0.5, 0.6) is 0 Å². The highest BCUT2D eigenvalue weighted by molar-refractivity contribution is 5.91. The van der Waals surface area contributed by atoms with Crippen molar-refractivity contribution in [3.8, 4) is 0 Å².